The molecule has 1 heterocycles. The summed E-state index contributed by atoms with van der Waals surface area (Å²) in [6.07, 6.45) is -3.15. The molecule has 3 aromatic carbocycles. The third-order valence-corrected chi connectivity index (χ3v) is 6.39. The standard InChI is InChI=1S/C26H24F3N3O2S/c1-25(30,16-33)24-31-14-22(32-24)18-10-11-23(21(12-18)26(27,28)29)35-20-9-5-8-19(13-20)34-15-17-6-3-2-4-7-17/h2-14,33H,15-16,30H2,1H3,(H,31,32)/t25-/m0/s1. The fourth-order valence-electron chi connectivity index (χ4n) is 3.34. The number of alkyl halides is 3. The smallest absolute Gasteiger partial charge is 0.417 e. The van der Waals surface area contributed by atoms with Gasteiger partial charge in [-0.15, -0.1) is 0 Å². The van der Waals surface area contributed by atoms with E-state index in [4.69, 9.17) is 10.5 Å². The molecule has 0 fully saturated rings. The molecule has 5 nitrogen and oxygen atoms in total. The minimum absolute atomic E-state index is 0.0696. The molecular weight excluding hydrogens is 475 g/mol. The van der Waals surface area contributed by atoms with E-state index in [1.54, 1.807) is 37.3 Å². The highest BCUT2D eigenvalue weighted by Crippen LogP contribution is 2.42. The monoisotopic (exact) mass is 499 g/mol. The predicted molar refractivity (Wildman–Crippen MR) is 129 cm³/mol. The van der Waals surface area contributed by atoms with Gasteiger partial charge in [-0.25, -0.2) is 4.98 Å². The number of halogens is 3. The molecule has 0 aliphatic rings. The predicted octanol–water partition coefficient (Wildman–Crippen LogP) is 5.99. The van der Waals surface area contributed by atoms with Crippen LogP contribution in [0.1, 0.15) is 23.9 Å². The van der Waals surface area contributed by atoms with Crippen LogP contribution in [0.25, 0.3) is 11.3 Å². The van der Waals surface area contributed by atoms with Gasteiger partial charge in [-0.3, -0.25) is 0 Å². The zero-order chi connectivity index (χ0) is 25.1. The minimum Gasteiger partial charge on any atom is -0.489 e. The van der Waals surface area contributed by atoms with E-state index in [-0.39, 0.29) is 17.3 Å². The van der Waals surface area contributed by atoms with Crippen molar-refractivity contribution in [1.82, 2.24) is 9.97 Å². The highest BCUT2D eigenvalue weighted by Gasteiger charge is 2.34. The minimum atomic E-state index is -4.56. The summed E-state index contributed by atoms with van der Waals surface area (Å²) in [6.45, 7) is 1.58. The van der Waals surface area contributed by atoms with Crippen LogP contribution in [0.15, 0.2) is 88.8 Å². The van der Waals surface area contributed by atoms with Gasteiger partial charge in [-0.2, -0.15) is 13.2 Å². The van der Waals surface area contributed by atoms with Gasteiger partial charge >= 0.3 is 6.18 Å². The van der Waals surface area contributed by atoms with Crippen LogP contribution in [0.2, 0.25) is 0 Å². The number of aromatic amines is 1. The number of ether oxygens (including phenoxy) is 1. The van der Waals surface area contributed by atoms with E-state index in [0.717, 1.165) is 23.4 Å². The van der Waals surface area contributed by atoms with Crippen LogP contribution in [-0.2, 0) is 18.3 Å². The van der Waals surface area contributed by atoms with Crippen LogP contribution in [-0.4, -0.2) is 21.7 Å². The van der Waals surface area contributed by atoms with Crippen LogP contribution >= 0.6 is 11.8 Å². The van der Waals surface area contributed by atoms with Gasteiger partial charge in [0.1, 0.15) is 18.2 Å². The summed E-state index contributed by atoms with van der Waals surface area (Å²) in [5.41, 5.74) is 5.77. The number of aliphatic hydroxyl groups excluding tert-OH is 1. The lowest BCUT2D eigenvalue weighted by Crippen LogP contribution is -2.38. The number of aliphatic hydroxyl groups is 1. The Morgan fingerprint density at radius 1 is 1.03 bits per heavy atom. The first-order valence-corrected chi connectivity index (χ1v) is 11.6. The molecule has 0 saturated carbocycles. The molecule has 9 heteroatoms. The molecule has 0 bridgehead atoms. The van der Waals surface area contributed by atoms with Crippen LogP contribution in [0.3, 0.4) is 0 Å². The lowest BCUT2D eigenvalue weighted by molar-refractivity contribution is -0.139. The number of hydrogen-bond donors (Lipinski definition) is 3. The molecule has 1 atom stereocenters. The highest BCUT2D eigenvalue weighted by atomic mass is 32.2. The average molecular weight is 500 g/mol. The van der Waals surface area contributed by atoms with E-state index in [1.165, 1.54) is 12.3 Å². The molecule has 0 aliphatic heterocycles. The second kappa shape index (κ2) is 10.2. The molecule has 0 radical (unpaired) electrons. The van der Waals surface area contributed by atoms with Crippen LogP contribution in [0.5, 0.6) is 5.75 Å². The molecule has 0 unspecified atom stereocenters. The Kier molecular flexibility index (Phi) is 7.20. The fraction of sp³-hybridized carbons (Fsp3) is 0.192. The van der Waals surface area contributed by atoms with Crippen molar-refractivity contribution in [1.29, 1.82) is 0 Å². The number of imidazole rings is 1. The van der Waals surface area contributed by atoms with E-state index in [9.17, 15) is 18.3 Å². The second-order valence-electron chi connectivity index (χ2n) is 8.28. The van der Waals surface area contributed by atoms with Gasteiger partial charge in [0.2, 0.25) is 0 Å². The van der Waals surface area contributed by atoms with Gasteiger partial charge in [0.25, 0.3) is 0 Å². The first-order chi connectivity index (χ1) is 16.7. The largest absolute Gasteiger partial charge is 0.489 e. The van der Waals surface area contributed by atoms with Gasteiger partial charge in [-0.1, -0.05) is 54.2 Å². The number of benzene rings is 3. The number of H-pyrrole nitrogens is 1. The molecule has 0 amide bonds. The Balaban J connectivity index is 1.57. The number of rotatable bonds is 8. The first kappa shape index (κ1) is 24.8. The van der Waals surface area contributed by atoms with Crippen molar-refractivity contribution in [2.24, 2.45) is 5.73 Å². The summed E-state index contributed by atoms with van der Waals surface area (Å²) in [6, 6.07) is 20.7. The van der Waals surface area contributed by atoms with E-state index >= 15 is 0 Å². The van der Waals surface area contributed by atoms with Gasteiger partial charge in [0, 0.05) is 15.4 Å². The Morgan fingerprint density at radius 3 is 2.51 bits per heavy atom. The number of aromatic nitrogens is 2. The molecule has 35 heavy (non-hydrogen) atoms. The van der Waals surface area contributed by atoms with Crippen molar-refractivity contribution < 1.29 is 23.0 Å². The summed E-state index contributed by atoms with van der Waals surface area (Å²) < 4.78 is 47.7. The summed E-state index contributed by atoms with van der Waals surface area (Å²) in [7, 11) is 0. The lowest BCUT2D eigenvalue weighted by Gasteiger charge is -2.18. The van der Waals surface area contributed by atoms with E-state index in [0.29, 0.717) is 28.5 Å². The number of nitrogens with zero attached hydrogens (tertiary/aromatic N) is 1. The summed E-state index contributed by atoms with van der Waals surface area (Å²) >= 11 is 1.02. The average Bonchev–Trinajstić information content (AvgIpc) is 3.35. The highest BCUT2D eigenvalue weighted by molar-refractivity contribution is 7.99. The number of hydrogen-bond acceptors (Lipinski definition) is 5. The van der Waals surface area contributed by atoms with Gasteiger partial charge in [0.15, 0.2) is 0 Å². The third-order valence-electron chi connectivity index (χ3n) is 5.32. The summed E-state index contributed by atoms with van der Waals surface area (Å²) in [5, 5.41) is 9.42. The quantitative estimate of drug-likeness (QED) is 0.277. The van der Waals surface area contributed by atoms with Crippen molar-refractivity contribution in [3.63, 3.8) is 0 Å². The van der Waals surface area contributed by atoms with Gasteiger partial charge < -0.3 is 20.6 Å². The van der Waals surface area contributed by atoms with Crippen molar-refractivity contribution in [3.05, 3.63) is 95.9 Å². The van der Waals surface area contributed by atoms with E-state index in [1.807, 2.05) is 30.3 Å². The molecule has 1 aromatic heterocycles. The maximum atomic E-state index is 14.0. The van der Waals surface area contributed by atoms with Crippen LogP contribution in [0, 0.1) is 0 Å². The fourth-order valence-corrected chi connectivity index (χ4v) is 4.33. The maximum absolute atomic E-state index is 14.0. The number of nitrogens with one attached hydrogen (secondary N) is 1. The Labute approximate surface area is 205 Å². The third kappa shape index (κ3) is 6.05. The Morgan fingerprint density at radius 2 is 1.80 bits per heavy atom. The van der Waals surface area contributed by atoms with Crippen LogP contribution in [0.4, 0.5) is 13.2 Å². The topological polar surface area (TPSA) is 84.2 Å². The van der Waals surface area contributed by atoms with Crippen molar-refractivity contribution in [3.8, 4) is 17.0 Å². The first-order valence-electron chi connectivity index (χ1n) is 10.8. The summed E-state index contributed by atoms with van der Waals surface area (Å²) in [4.78, 5) is 7.74. The molecule has 182 valence electrons. The molecular formula is C26H24F3N3O2S. The Bertz CT molecular complexity index is 1290. The second-order valence-corrected chi connectivity index (χ2v) is 9.40. The molecule has 4 rings (SSSR count). The van der Waals surface area contributed by atoms with Crippen molar-refractivity contribution in [2.45, 2.75) is 35.0 Å². The molecule has 4 aromatic rings. The van der Waals surface area contributed by atoms with Crippen LogP contribution < -0.4 is 10.5 Å². The lowest BCUT2D eigenvalue weighted by atomic mass is 10.1. The molecule has 0 spiro atoms. The van der Waals surface area contributed by atoms with Crippen molar-refractivity contribution in [2.75, 3.05) is 6.61 Å². The van der Waals surface area contributed by atoms with Crippen molar-refractivity contribution >= 4 is 11.8 Å². The SMILES string of the molecule is C[C@](N)(CO)c1ncc(-c2ccc(Sc3cccc(OCc4ccccc4)c3)c(C(F)(F)F)c2)[nH]1. The molecule has 0 aliphatic carbocycles. The number of nitrogens with two attached hydrogens (primary N) is 1. The van der Waals surface area contributed by atoms with Gasteiger partial charge in [0.05, 0.1) is 29.6 Å². The normalized spacial score (nSPS) is 13.4. The maximum Gasteiger partial charge on any atom is 0.417 e. The molecule has 4 N–H and O–H groups in total. The zero-order valence-electron chi connectivity index (χ0n) is 18.8. The summed E-state index contributed by atoms with van der Waals surface area (Å²) in [5.74, 6) is 0.858. The van der Waals surface area contributed by atoms with E-state index in [2.05, 4.69) is 9.97 Å². The molecule has 0 saturated heterocycles. The van der Waals surface area contributed by atoms with E-state index < -0.39 is 17.3 Å². The Hall–Kier alpha value is -3.27. The zero-order valence-corrected chi connectivity index (χ0v) is 19.7. The van der Waals surface area contributed by atoms with Gasteiger partial charge in [-0.05, 0) is 42.8 Å².